The number of aliphatic hydroxyl groups excluding tert-OH is 1. The zero-order valence-electron chi connectivity index (χ0n) is 9.69. The number of aliphatic hydroxyl groups is 1. The molecule has 1 N–H and O–H groups in total. The first-order valence-electron chi connectivity index (χ1n) is 5.77. The Morgan fingerprint density at radius 2 is 2.31 bits per heavy atom. The SMILES string of the molecule is CC1COC(CO)CN1C(=O)CCCCBr. The molecule has 94 valence electrons. The second-order valence-corrected chi connectivity index (χ2v) is 4.97. The first-order chi connectivity index (χ1) is 7.69. The zero-order chi connectivity index (χ0) is 12.0. The fourth-order valence-corrected chi connectivity index (χ4v) is 2.19. The van der Waals surface area contributed by atoms with Crippen LogP contribution in [0, 0.1) is 0 Å². The first-order valence-corrected chi connectivity index (χ1v) is 6.89. The molecule has 0 saturated carbocycles. The Kier molecular flexibility index (Phi) is 6.31. The lowest BCUT2D eigenvalue weighted by Crippen LogP contribution is -2.51. The van der Waals surface area contributed by atoms with Crippen molar-refractivity contribution in [3.63, 3.8) is 0 Å². The second-order valence-electron chi connectivity index (χ2n) is 4.18. The van der Waals surface area contributed by atoms with E-state index in [1.165, 1.54) is 0 Å². The van der Waals surface area contributed by atoms with Gasteiger partial charge in [-0.05, 0) is 19.8 Å². The average molecular weight is 294 g/mol. The molecule has 0 aromatic rings. The predicted molar refractivity (Wildman–Crippen MR) is 65.6 cm³/mol. The molecule has 1 amide bonds. The molecule has 0 aliphatic carbocycles. The Morgan fingerprint density at radius 3 is 2.94 bits per heavy atom. The van der Waals surface area contributed by atoms with Gasteiger partial charge in [0.25, 0.3) is 0 Å². The summed E-state index contributed by atoms with van der Waals surface area (Å²) in [6, 6.07) is 0.124. The molecule has 16 heavy (non-hydrogen) atoms. The van der Waals surface area contributed by atoms with Gasteiger partial charge in [-0.2, -0.15) is 0 Å². The third-order valence-electron chi connectivity index (χ3n) is 2.80. The molecule has 0 radical (unpaired) electrons. The minimum atomic E-state index is -0.212. The van der Waals surface area contributed by atoms with Crippen molar-refractivity contribution in [2.24, 2.45) is 0 Å². The molecular weight excluding hydrogens is 274 g/mol. The lowest BCUT2D eigenvalue weighted by molar-refractivity contribution is -0.146. The molecule has 0 aromatic heterocycles. The van der Waals surface area contributed by atoms with Crippen molar-refractivity contribution in [3.05, 3.63) is 0 Å². The second kappa shape index (κ2) is 7.25. The summed E-state index contributed by atoms with van der Waals surface area (Å²) in [4.78, 5) is 13.8. The fraction of sp³-hybridized carbons (Fsp3) is 0.909. The van der Waals surface area contributed by atoms with Gasteiger partial charge in [0.2, 0.25) is 5.91 Å². The molecule has 1 saturated heterocycles. The van der Waals surface area contributed by atoms with Gasteiger partial charge in [0, 0.05) is 18.3 Å². The highest BCUT2D eigenvalue weighted by Crippen LogP contribution is 2.14. The largest absolute Gasteiger partial charge is 0.394 e. The lowest BCUT2D eigenvalue weighted by atomic mass is 10.1. The summed E-state index contributed by atoms with van der Waals surface area (Å²) in [5.41, 5.74) is 0. The van der Waals surface area contributed by atoms with E-state index in [1.54, 1.807) is 0 Å². The van der Waals surface area contributed by atoms with Crippen molar-refractivity contribution in [3.8, 4) is 0 Å². The van der Waals surface area contributed by atoms with E-state index in [0.717, 1.165) is 18.2 Å². The van der Waals surface area contributed by atoms with Crippen LogP contribution in [-0.2, 0) is 9.53 Å². The molecule has 5 heteroatoms. The van der Waals surface area contributed by atoms with Gasteiger partial charge in [-0.1, -0.05) is 15.9 Å². The number of ether oxygens (including phenoxy) is 1. The molecule has 0 bridgehead atoms. The number of alkyl halides is 1. The van der Waals surface area contributed by atoms with E-state index in [2.05, 4.69) is 15.9 Å². The molecular formula is C11H20BrNO3. The van der Waals surface area contributed by atoms with E-state index in [4.69, 9.17) is 9.84 Å². The van der Waals surface area contributed by atoms with E-state index in [9.17, 15) is 4.79 Å². The summed E-state index contributed by atoms with van der Waals surface area (Å²) < 4.78 is 5.39. The standard InChI is InChI=1S/C11H20BrNO3/c1-9-8-16-10(7-14)6-13(9)11(15)4-2-3-5-12/h9-10,14H,2-8H2,1H3. The highest BCUT2D eigenvalue weighted by atomic mass is 79.9. The monoisotopic (exact) mass is 293 g/mol. The molecule has 1 aliphatic heterocycles. The van der Waals surface area contributed by atoms with Gasteiger partial charge in [-0.15, -0.1) is 0 Å². The number of carbonyl (C=O) groups excluding carboxylic acids is 1. The van der Waals surface area contributed by atoms with Crippen LogP contribution in [-0.4, -0.2) is 53.1 Å². The van der Waals surface area contributed by atoms with Crippen molar-refractivity contribution in [1.29, 1.82) is 0 Å². The maximum absolute atomic E-state index is 11.9. The first kappa shape index (κ1) is 13.9. The molecule has 0 aromatic carbocycles. The van der Waals surface area contributed by atoms with Gasteiger partial charge in [-0.3, -0.25) is 4.79 Å². The molecule has 0 spiro atoms. The number of hydrogen-bond acceptors (Lipinski definition) is 3. The summed E-state index contributed by atoms with van der Waals surface area (Å²) >= 11 is 3.35. The van der Waals surface area contributed by atoms with Crippen molar-refractivity contribution < 1.29 is 14.6 Å². The smallest absolute Gasteiger partial charge is 0.222 e. The highest BCUT2D eigenvalue weighted by Gasteiger charge is 2.28. The van der Waals surface area contributed by atoms with Crippen LogP contribution in [0.25, 0.3) is 0 Å². The molecule has 2 unspecified atom stereocenters. The van der Waals surface area contributed by atoms with Gasteiger partial charge >= 0.3 is 0 Å². The van der Waals surface area contributed by atoms with Crippen molar-refractivity contribution in [1.82, 2.24) is 4.90 Å². The van der Waals surface area contributed by atoms with Crippen molar-refractivity contribution >= 4 is 21.8 Å². The molecule has 2 atom stereocenters. The number of amides is 1. The molecule has 1 fully saturated rings. The minimum absolute atomic E-state index is 0.0160. The number of nitrogens with zero attached hydrogens (tertiary/aromatic N) is 1. The van der Waals surface area contributed by atoms with E-state index in [0.29, 0.717) is 19.6 Å². The molecule has 1 heterocycles. The fourth-order valence-electron chi connectivity index (χ4n) is 1.79. The van der Waals surface area contributed by atoms with E-state index in [-0.39, 0.29) is 24.7 Å². The van der Waals surface area contributed by atoms with Crippen LogP contribution in [0.5, 0.6) is 0 Å². The van der Waals surface area contributed by atoms with Crippen LogP contribution in [0.3, 0.4) is 0 Å². The quantitative estimate of drug-likeness (QED) is 0.611. The number of hydrogen-bond donors (Lipinski definition) is 1. The van der Waals surface area contributed by atoms with Crippen LogP contribution in [0.15, 0.2) is 0 Å². The van der Waals surface area contributed by atoms with E-state index < -0.39 is 0 Å². The summed E-state index contributed by atoms with van der Waals surface area (Å²) in [6.45, 7) is 3.01. The summed E-state index contributed by atoms with van der Waals surface area (Å²) in [5, 5.41) is 9.96. The Labute approximate surface area is 105 Å². The molecule has 1 aliphatic rings. The van der Waals surface area contributed by atoms with Gasteiger partial charge in [0.05, 0.1) is 25.4 Å². The number of carbonyl (C=O) groups is 1. The Morgan fingerprint density at radius 1 is 1.56 bits per heavy atom. The third kappa shape index (κ3) is 4.03. The average Bonchev–Trinajstić information content (AvgIpc) is 2.30. The van der Waals surface area contributed by atoms with Gasteiger partial charge in [-0.25, -0.2) is 0 Å². The summed E-state index contributed by atoms with van der Waals surface area (Å²) in [6.07, 6.45) is 2.32. The van der Waals surface area contributed by atoms with E-state index in [1.807, 2.05) is 11.8 Å². The summed E-state index contributed by atoms with van der Waals surface area (Å²) in [5.74, 6) is 0.176. The normalized spacial score (nSPS) is 25.8. The maximum Gasteiger partial charge on any atom is 0.222 e. The zero-order valence-corrected chi connectivity index (χ0v) is 11.3. The van der Waals surface area contributed by atoms with Crippen molar-refractivity contribution in [2.75, 3.05) is 25.1 Å². The van der Waals surface area contributed by atoms with Gasteiger partial charge < -0.3 is 14.7 Å². The maximum atomic E-state index is 11.9. The highest BCUT2D eigenvalue weighted by molar-refractivity contribution is 9.09. The number of unbranched alkanes of at least 4 members (excludes halogenated alkanes) is 1. The van der Waals surface area contributed by atoms with Crippen LogP contribution in [0.4, 0.5) is 0 Å². The van der Waals surface area contributed by atoms with Gasteiger partial charge in [0.15, 0.2) is 0 Å². The summed E-state index contributed by atoms with van der Waals surface area (Å²) in [7, 11) is 0. The van der Waals surface area contributed by atoms with Crippen LogP contribution < -0.4 is 0 Å². The lowest BCUT2D eigenvalue weighted by Gasteiger charge is -2.37. The Bertz CT molecular complexity index is 225. The number of halogens is 1. The molecule has 1 rings (SSSR count). The van der Waals surface area contributed by atoms with Crippen LogP contribution in [0.2, 0.25) is 0 Å². The van der Waals surface area contributed by atoms with E-state index >= 15 is 0 Å². The van der Waals surface area contributed by atoms with Gasteiger partial charge in [0.1, 0.15) is 0 Å². The third-order valence-corrected chi connectivity index (χ3v) is 3.36. The minimum Gasteiger partial charge on any atom is -0.394 e. The number of morpholine rings is 1. The Hall–Kier alpha value is -0.130. The number of rotatable bonds is 5. The predicted octanol–water partition coefficient (Wildman–Crippen LogP) is 1.16. The molecule has 4 nitrogen and oxygen atoms in total. The topological polar surface area (TPSA) is 49.8 Å². The van der Waals surface area contributed by atoms with Crippen molar-refractivity contribution in [2.45, 2.75) is 38.3 Å². The Balaban J connectivity index is 2.39. The van der Waals surface area contributed by atoms with Crippen LogP contribution in [0.1, 0.15) is 26.2 Å². The van der Waals surface area contributed by atoms with Crippen LogP contribution >= 0.6 is 15.9 Å².